The lowest BCUT2D eigenvalue weighted by Crippen LogP contribution is -2.15. The second-order valence-corrected chi connectivity index (χ2v) is 4.71. The molecule has 2 aromatic rings. The molecule has 4 N–H and O–H groups in total. The molecule has 2 aromatic heterocycles. The Morgan fingerprint density at radius 3 is 2.68 bits per heavy atom. The molecule has 0 atom stereocenters. The van der Waals surface area contributed by atoms with Gasteiger partial charge in [0.15, 0.2) is 0 Å². The molecular formula is C10H15N7OS. The van der Waals surface area contributed by atoms with E-state index in [-0.39, 0.29) is 12.0 Å². The summed E-state index contributed by atoms with van der Waals surface area (Å²) in [5.74, 6) is 5.93. The summed E-state index contributed by atoms with van der Waals surface area (Å²) in [6.07, 6.45) is 0.795. The highest BCUT2D eigenvalue weighted by atomic mass is 32.1. The average Bonchev–Trinajstić information content (AvgIpc) is 2.84. The third-order valence-electron chi connectivity index (χ3n) is 2.26. The maximum absolute atomic E-state index is 5.27. The molecule has 0 aliphatic heterocycles. The van der Waals surface area contributed by atoms with Crippen molar-refractivity contribution in [3.63, 3.8) is 0 Å². The topological polar surface area (TPSA) is 111 Å². The average molecular weight is 281 g/mol. The van der Waals surface area contributed by atoms with E-state index in [9.17, 15) is 0 Å². The van der Waals surface area contributed by atoms with E-state index >= 15 is 0 Å². The van der Waals surface area contributed by atoms with E-state index in [2.05, 4.69) is 30.7 Å². The number of thiazole rings is 1. The molecule has 0 aliphatic rings. The molecule has 2 rings (SSSR count). The van der Waals surface area contributed by atoms with Gasteiger partial charge in [0.25, 0.3) is 0 Å². The number of hydrazine groups is 1. The third-order valence-corrected chi connectivity index (χ3v) is 3.08. The van der Waals surface area contributed by atoms with Gasteiger partial charge in [0, 0.05) is 18.3 Å². The van der Waals surface area contributed by atoms with Crippen LogP contribution in [0.4, 0.5) is 11.9 Å². The van der Waals surface area contributed by atoms with Gasteiger partial charge in [-0.15, -0.1) is 11.3 Å². The number of hydrogen-bond acceptors (Lipinski definition) is 9. The van der Waals surface area contributed by atoms with Crippen LogP contribution in [-0.4, -0.2) is 33.6 Å². The monoisotopic (exact) mass is 281 g/mol. The molecule has 0 saturated carbocycles. The molecule has 0 saturated heterocycles. The summed E-state index contributed by atoms with van der Waals surface area (Å²) in [5.41, 5.74) is 3.41. The second-order valence-electron chi connectivity index (χ2n) is 3.65. The summed E-state index contributed by atoms with van der Waals surface area (Å²) in [6, 6.07) is 0.204. The van der Waals surface area contributed by atoms with Crippen LogP contribution in [0, 0.1) is 6.92 Å². The second kappa shape index (κ2) is 6.25. The van der Waals surface area contributed by atoms with Crippen LogP contribution in [0.15, 0.2) is 5.38 Å². The van der Waals surface area contributed by atoms with E-state index in [1.807, 2.05) is 12.3 Å². The number of ether oxygens (including phenoxy) is 1. The van der Waals surface area contributed by atoms with Crippen molar-refractivity contribution < 1.29 is 4.74 Å². The number of nitrogen functional groups attached to an aromatic ring is 1. The Morgan fingerprint density at radius 1 is 1.26 bits per heavy atom. The number of nitrogens with two attached hydrogens (primary N) is 1. The minimum absolute atomic E-state index is 0.204. The van der Waals surface area contributed by atoms with Crippen molar-refractivity contribution in [3.8, 4) is 6.01 Å². The van der Waals surface area contributed by atoms with Crippen molar-refractivity contribution >= 4 is 23.2 Å². The van der Waals surface area contributed by atoms with Crippen molar-refractivity contribution in [1.29, 1.82) is 0 Å². The summed E-state index contributed by atoms with van der Waals surface area (Å²) < 4.78 is 4.96. The van der Waals surface area contributed by atoms with Gasteiger partial charge in [-0.1, -0.05) is 0 Å². The lowest BCUT2D eigenvalue weighted by Gasteiger charge is -2.06. The van der Waals surface area contributed by atoms with E-state index in [0.29, 0.717) is 12.5 Å². The Morgan fingerprint density at radius 2 is 2.05 bits per heavy atom. The molecule has 2 heterocycles. The van der Waals surface area contributed by atoms with Crippen molar-refractivity contribution in [2.24, 2.45) is 5.84 Å². The molecule has 0 radical (unpaired) electrons. The molecule has 0 aromatic carbocycles. The SMILES string of the molecule is COc1nc(NN)nc(NCCc2csc(C)n2)n1. The molecule has 0 fully saturated rings. The standard InChI is InChI=1S/C10H15N7OS/c1-6-13-7(5-19-6)3-4-12-8-14-9(17-11)16-10(15-8)18-2/h5H,3-4,11H2,1-2H3,(H2,12,14,15,16,17). The Balaban J connectivity index is 1.95. The number of anilines is 2. The van der Waals surface area contributed by atoms with Crippen LogP contribution < -0.4 is 21.3 Å². The first-order valence-electron chi connectivity index (χ1n) is 5.63. The van der Waals surface area contributed by atoms with Crippen LogP contribution in [0.3, 0.4) is 0 Å². The molecule has 0 unspecified atom stereocenters. The van der Waals surface area contributed by atoms with Gasteiger partial charge in [-0.25, -0.2) is 10.8 Å². The van der Waals surface area contributed by atoms with Crippen LogP contribution in [0.5, 0.6) is 6.01 Å². The predicted octanol–water partition coefficient (Wildman–Crippen LogP) is 0.585. The van der Waals surface area contributed by atoms with Gasteiger partial charge in [-0.2, -0.15) is 15.0 Å². The highest BCUT2D eigenvalue weighted by molar-refractivity contribution is 7.09. The van der Waals surface area contributed by atoms with E-state index in [1.54, 1.807) is 11.3 Å². The maximum atomic E-state index is 5.27. The van der Waals surface area contributed by atoms with Crippen LogP contribution in [-0.2, 0) is 6.42 Å². The zero-order valence-corrected chi connectivity index (χ0v) is 11.5. The molecule has 8 nitrogen and oxygen atoms in total. The maximum Gasteiger partial charge on any atom is 0.322 e. The fraction of sp³-hybridized carbons (Fsp3) is 0.400. The van der Waals surface area contributed by atoms with E-state index in [1.165, 1.54) is 7.11 Å². The highest BCUT2D eigenvalue weighted by Crippen LogP contribution is 2.11. The van der Waals surface area contributed by atoms with Gasteiger partial charge in [0.05, 0.1) is 17.8 Å². The number of aryl methyl sites for hydroxylation is 1. The molecule has 9 heteroatoms. The van der Waals surface area contributed by atoms with Gasteiger partial charge in [-0.05, 0) is 6.92 Å². The summed E-state index contributed by atoms with van der Waals surface area (Å²) in [4.78, 5) is 16.4. The zero-order valence-electron chi connectivity index (χ0n) is 10.7. The van der Waals surface area contributed by atoms with Gasteiger partial charge in [-0.3, -0.25) is 5.43 Å². The van der Waals surface area contributed by atoms with Crippen molar-refractivity contribution in [2.45, 2.75) is 13.3 Å². The van der Waals surface area contributed by atoms with Crippen LogP contribution in [0.25, 0.3) is 0 Å². The number of aromatic nitrogens is 4. The molecule has 0 amide bonds. The van der Waals surface area contributed by atoms with Crippen molar-refractivity contribution in [3.05, 3.63) is 16.1 Å². The Bertz CT molecular complexity index is 522. The Labute approximate surface area is 114 Å². The third kappa shape index (κ3) is 3.73. The van der Waals surface area contributed by atoms with E-state index < -0.39 is 0 Å². The number of nitrogens with zero attached hydrogens (tertiary/aromatic N) is 4. The lowest BCUT2D eigenvalue weighted by molar-refractivity contribution is 0.379. The Kier molecular flexibility index (Phi) is 4.42. The van der Waals surface area contributed by atoms with Gasteiger partial charge in [0.2, 0.25) is 11.9 Å². The minimum atomic E-state index is 0.204. The Hall–Kier alpha value is -2.00. The smallest absolute Gasteiger partial charge is 0.322 e. The first kappa shape index (κ1) is 13.4. The normalized spacial score (nSPS) is 10.3. The number of hydrogen-bond donors (Lipinski definition) is 3. The summed E-state index contributed by atoms with van der Waals surface area (Å²) in [7, 11) is 1.48. The molecular weight excluding hydrogens is 266 g/mol. The van der Waals surface area contributed by atoms with E-state index in [0.717, 1.165) is 17.1 Å². The fourth-order valence-electron chi connectivity index (χ4n) is 1.42. The quantitative estimate of drug-likeness (QED) is 0.521. The summed E-state index contributed by atoms with van der Waals surface area (Å²) >= 11 is 1.64. The van der Waals surface area contributed by atoms with Gasteiger partial charge in [0.1, 0.15) is 0 Å². The minimum Gasteiger partial charge on any atom is -0.467 e. The van der Waals surface area contributed by atoms with Gasteiger partial charge >= 0.3 is 6.01 Å². The first-order chi connectivity index (χ1) is 9.21. The van der Waals surface area contributed by atoms with Crippen molar-refractivity contribution in [1.82, 2.24) is 19.9 Å². The first-order valence-corrected chi connectivity index (χ1v) is 6.51. The lowest BCUT2D eigenvalue weighted by atomic mass is 10.3. The predicted molar refractivity (Wildman–Crippen MR) is 73.2 cm³/mol. The molecule has 102 valence electrons. The fourth-order valence-corrected chi connectivity index (χ4v) is 2.06. The van der Waals surface area contributed by atoms with Crippen LogP contribution in [0.1, 0.15) is 10.7 Å². The zero-order chi connectivity index (χ0) is 13.7. The van der Waals surface area contributed by atoms with Gasteiger partial charge < -0.3 is 10.1 Å². The summed E-state index contributed by atoms with van der Waals surface area (Å²) in [6.45, 7) is 2.65. The molecule has 0 spiro atoms. The molecule has 19 heavy (non-hydrogen) atoms. The number of nitrogens with one attached hydrogen (secondary N) is 2. The van der Waals surface area contributed by atoms with Crippen LogP contribution in [0.2, 0.25) is 0 Å². The number of methoxy groups -OCH3 is 1. The molecule has 0 bridgehead atoms. The summed E-state index contributed by atoms with van der Waals surface area (Å²) in [5, 5.41) is 6.18. The van der Waals surface area contributed by atoms with Crippen LogP contribution >= 0.6 is 11.3 Å². The van der Waals surface area contributed by atoms with Crippen molar-refractivity contribution in [2.75, 3.05) is 24.4 Å². The largest absolute Gasteiger partial charge is 0.467 e. The molecule has 0 aliphatic carbocycles. The highest BCUT2D eigenvalue weighted by Gasteiger charge is 2.05. The van der Waals surface area contributed by atoms with E-state index in [4.69, 9.17) is 10.6 Å². The number of rotatable bonds is 6.